The van der Waals surface area contributed by atoms with Crippen molar-refractivity contribution in [2.45, 2.75) is 25.6 Å². The van der Waals surface area contributed by atoms with E-state index in [1.807, 2.05) is 0 Å². The van der Waals surface area contributed by atoms with Crippen LogP contribution in [-0.2, 0) is 4.74 Å². The maximum atomic E-state index is 12.6. The van der Waals surface area contributed by atoms with Crippen LogP contribution in [0, 0.1) is 0 Å². The fourth-order valence-electron chi connectivity index (χ4n) is 1.65. The Morgan fingerprint density at radius 1 is 1.38 bits per heavy atom. The fraction of sp³-hybridized carbons (Fsp3) is 0.462. The van der Waals surface area contributed by atoms with Crippen molar-refractivity contribution in [3.63, 3.8) is 0 Å². The van der Waals surface area contributed by atoms with Crippen LogP contribution in [0.3, 0.4) is 0 Å². The number of amides is 1. The molecular weight excluding hydrogens is 289 g/mol. The zero-order valence-electron chi connectivity index (χ0n) is 11.5. The Morgan fingerprint density at radius 2 is 2.10 bits per heavy atom. The fourth-order valence-corrected chi connectivity index (χ4v) is 1.65. The minimum atomic E-state index is -4.64. The van der Waals surface area contributed by atoms with Gasteiger partial charge in [0.25, 0.3) is 0 Å². The first kappa shape index (κ1) is 15.3. The van der Waals surface area contributed by atoms with E-state index in [-0.39, 0.29) is 0 Å². The quantitative estimate of drug-likeness (QED) is 0.879. The molecule has 1 amide bonds. The number of benzene rings is 1. The molecule has 0 radical (unpaired) electrons. The van der Waals surface area contributed by atoms with Gasteiger partial charge in [0.1, 0.15) is 12.4 Å². The summed E-state index contributed by atoms with van der Waals surface area (Å²) in [4.78, 5) is 11.6. The van der Waals surface area contributed by atoms with Crippen molar-refractivity contribution >= 4 is 17.5 Å². The van der Waals surface area contributed by atoms with Crippen LogP contribution in [0.25, 0.3) is 0 Å². The van der Waals surface area contributed by atoms with Gasteiger partial charge in [0.05, 0.1) is 5.69 Å². The lowest BCUT2D eigenvalue weighted by atomic mass is 10.1. The van der Waals surface area contributed by atoms with Crippen LogP contribution >= 0.6 is 0 Å². The van der Waals surface area contributed by atoms with E-state index in [2.05, 4.69) is 15.4 Å². The number of anilines is 2. The van der Waals surface area contributed by atoms with Crippen LogP contribution in [0.2, 0.25) is 0 Å². The molecular formula is C13H15F3N2O3. The summed E-state index contributed by atoms with van der Waals surface area (Å²) < 4.78 is 47.7. The first-order valence-electron chi connectivity index (χ1n) is 6.26. The number of carbonyl (C=O) groups excluding carboxylic acids is 1. The largest absolute Gasteiger partial charge is 0.490 e. The van der Waals surface area contributed by atoms with E-state index in [9.17, 15) is 18.0 Å². The second-order valence-electron chi connectivity index (χ2n) is 5.01. The highest BCUT2D eigenvalue weighted by Gasteiger charge is 2.50. The van der Waals surface area contributed by atoms with Gasteiger partial charge in [-0.1, -0.05) is 0 Å². The molecule has 0 aliphatic carbocycles. The molecule has 2 N–H and O–H groups in total. The van der Waals surface area contributed by atoms with Gasteiger partial charge >= 0.3 is 12.3 Å². The highest BCUT2D eigenvalue weighted by molar-refractivity contribution is 5.86. The summed E-state index contributed by atoms with van der Waals surface area (Å²) in [6.45, 7) is 2.72. The zero-order valence-corrected chi connectivity index (χ0v) is 11.5. The second kappa shape index (κ2) is 5.34. The SMILES string of the molecule is CC(C)(OC(=O)Nc1ccc2c(c1)NCCO2)C(F)(F)F. The van der Waals surface area contributed by atoms with Crippen LogP contribution < -0.4 is 15.4 Å². The molecule has 116 valence electrons. The third-order valence-corrected chi connectivity index (χ3v) is 2.93. The molecule has 21 heavy (non-hydrogen) atoms. The standard InChI is InChI=1S/C13H15F3N2O3/c1-12(2,13(14,15)16)21-11(19)18-8-3-4-10-9(7-8)17-5-6-20-10/h3-4,7,17H,5-6H2,1-2H3,(H,18,19). The van der Waals surface area contributed by atoms with Gasteiger partial charge in [0.2, 0.25) is 5.60 Å². The lowest BCUT2D eigenvalue weighted by Crippen LogP contribution is -2.44. The highest BCUT2D eigenvalue weighted by atomic mass is 19.4. The maximum absolute atomic E-state index is 12.6. The molecule has 2 rings (SSSR count). The minimum Gasteiger partial charge on any atom is -0.490 e. The summed E-state index contributed by atoms with van der Waals surface area (Å²) in [5.41, 5.74) is -1.59. The van der Waals surface area contributed by atoms with Crippen molar-refractivity contribution in [3.8, 4) is 5.75 Å². The Bertz CT molecular complexity index is 544. The Morgan fingerprint density at radius 3 is 2.76 bits per heavy atom. The molecule has 0 aromatic heterocycles. The molecule has 8 heteroatoms. The van der Waals surface area contributed by atoms with Gasteiger partial charge in [0.15, 0.2) is 0 Å². The Balaban J connectivity index is 2.03. The van der Waals surface area contributed by atoms with Crippen molar-refractivity contribution in [1.29, 1.82) is 0 Å². The van der Waals surface area contributed by atoms with E-state index in [1.165, 1.54) is 6.07 Å². The van der Waals surface area contributed by atoms with Crippen LogP contribution in [0.4, 0.5) is 29.3 Å². The molecule has 5 nitrogen and oxygen atoms in total. The molecule has 0 saturated heterocycles. The number of hydrogen-bond donors (Lipinski definition) is 2. The molecule has 0 unspecified atom stereocenters. The van der Waals surface area contributed by atoms with Crippen LogP contribution in [0.1, 0.15) is 13.8 Å². The molecule has 0 saturated carbocycles. The molecule has 0 bridgehead atoms. The molecule has 0 atom stereocenters. The minimum absolute atomic E-state index is 0.315. The van der Waals surface area contributed by atoms with E-state index in [0.717, 1.165) is 13.8 Å². The van der Waals surface area contributed by atoms with Gasteiger partial charge in [0, 0.05) is 12.2 Å². The smallest absolute Gasteiger partial charge is 0.427 e. The molecule has 1 aliphatic rings. The molecule has 1 aromatic rings. The van der Waals surface area contributed by atoms with Crippen LogP contribution in [0.5, 0.6) is 5.75 Å². The summed E-state index contributed by atoms with van der Waals surface area (Å²) in [5.74, 6) is 0.621. The average molecular weight is 304 g/mol. The number of halogens is 3. The molecule has 1 aliphatic heterocycles. The lowest BCUT2D eigenvalue weighted by Gasteiger charge is -2.27. The normalized spacial score (nSPS) is 14.5. The van der Waals surface area contributed by atoms with Crippen LogP contribution in [-0.4, -0.2) is 31.0 Å². The molecule has 0 fully saturated rings. The van der Waals surface area contributed by atoms with Gasteiger partial charge in [-0.3, -0.25) is 5.32 Å². The third kappa shape index (κ3) is 3.50. The van der Waals surface area contributed by atoms with E-state index in [4.69, 9.17) is 4.74 Å². The predicted octanol–water partition coefficient (Wildman–Crippen LogP) is 3.38. The van der Waals surface area contributed by atoms with Gasteiger partial charge in [-0.25, -0.2) is 4.79 Å². The number of hydrogen-bond acceptors (Lipinski definition) is 4. The highest BCUT2D eigenvalue weighted by Crippen LogP contribution is 2.34. The van der Waals surface area contributed by atoms with Crippen molar-refractivity contribution in [2.24, 2.45) is 0 Å². The van der Waals surface area contributed by atoms with Crippen LogP contribution in [0.15, 0.2) is 18.2 Å². The first-order valence-corrected chi connectivity index (χ1v) is 6.26. The Kier molecular flexibility index (Phi) is 3.89. The van der Waals surface area contributed by atoms with E-state index in [1.54, 1.807) is 12.1 Å². The Labute approximate surface area is 119 Å². The van der Waals surface area contributed by atoms with Crippen molar-refractivity contribution < 1.29 is 27.4 Å². The molecule has 1 aromatic carbocycles. The third-order valence-electron chi connectivity index (χ3n) is 2.93. The number of rotatable bonds is 2. The summed E-state index contributed by atoms with van der Waals surface area (Å²) in [7, 11) is 0. The van der Waals surface area contributed by atoms with E-state index in [0.29, 0.717) is 30.3 Å². The summed E-state index contributed by atoms with van der Waals surface area (Å²) >= 11 is 0. The van der Waals surface area contributed by atoms with Crippen molar-refractivity contribution in [3.05, 3.63) is 18.2 Å². The van der Waals surface area contributed by atoms with Gasteiger partial charge < -0.3 is 14.8 Å². The summed E-state index contributed by atoms with van der Waals surface area (Å²) in [6, 6.07) is 4.70. The zero-order chi connectivity index (χ0) is 15.7. The van der Waals surface area contributed by atoms with Crippen molar-refractivity contribution in [1.82, 2.24) is 0 Å². The monoisotopic (exact) mass is 304 g/mol. The second-order valence-corrected chi connectivity index (χ2v) is 5.01. The van der Waals surface area contributed by atoms with E-state index >= 15 is 0 Å². The first-order chi connectivity index (χ1) is 9.69. The lowest BCUT2D eigenvalue weighted by molar-refractivity contribution is -0.242. The maximum Gasteiger partial charge on any atom is 0.427 e. The average Bonchev–Trinajstić information content (AvgIpc) is 2.36. The van der Waals surface area contributed by atoms with Gasteiger partial charge in [-0.2, -0.15) is 13.2 Å². The molecule has 0 spiro atoms. The number of fused-ring (bicyclic) bond motifs is 1. The Hall–Kier alpha value is -2.12. The van der Waals surface area contributed by atoms with Gasteiger partial charge in [-0.05, 0) is 32.0 Å². The summed E-state index contributed by atoms with van der Waals surface area (Å²) in [6.07, 6.45) is -5.82. The number of carbonyl (C=O) groups is 1. The van der Waals surface area contributed by atoms with Gasteiger partial charge in [-0.15, -0.1) is 0 Å². The number of nitrogens with one attached hydrogen (secondary N) is 2. The predicted molar refractivity (Wildman–Crippen MR) is 70.7 cm³/mol. The van der Waals surface area contributed by atoms with E-state index < -0.39 is 17.9 Å². The van der Waals surface area contributed by atoms with Crippen molar-refractivity contribution in [2.75, 3.05) is 23.8 Å². The summed E-state index contributed by atoms with van der Waals surface area (Å²) in [5, 5.41) is 5.32. The topological polar surface area (TPSA) is 59.6 Å². The number of alkyl halides is 3. The number of ether oxygens (including phenoxy) is 2. The molecule has 1 heterocycles.